The van der Waals surface area contributed by atoms with E-state index in [0.29, 0.717) is 22.7 Å². The van der Waals surface area contributed by atoms with Crippen LogP contribution in [0, 0.1) is 0 Å². The summed E-state index contributed by atoms with van der Waals surface area (Å²) < 4.78 is 10.4. The number of para-hydroxylation sites is 1. The van der Waals surface area contributed by atoms with Crippen molar-refractivity contribution in [1.82, 2.24) is 5.43 Å². The number of hydrogen-bond donors (Lipinski definition) is 4. The third-order valence-electron chi connectivity index (χ3n) is 3.06. The third-order valence-corrected chi connectivity index (χ3v) is 3.25. The second-order valence-electron chi connectivity index (χ2n) is 4.61. The molecule has 0 aromatic heterocycles. The number of methoxy groups -OCH3 is 2. The molecule has 0 spiro atoms. The Bertz CT molecular complexity index is 765. The van der Waals surface area contributed by atoms with Gasteiger partial charge in [-0.3, -0.25) is 5.43 Å². The molecule has 24 heavy (non-hydrogen) atoms. The monoisotopic (exact) mass is 347 g/mol. The van der Waals surface area contributed by atoms with E-state index >= 15 is 0 Å². The summed E-state index contributed by atoms with van der Waals surface area (Å²) in [7, 11) is 3.10. The molecule has 4 N–H and O–H groups in total. The van der Waals surface area contributed by atoms with Gasteiger partial charge in [0.15, 0.2) is 28.1 Å². The Morgan fingerprint density at radius 1 is 1.12 bits per heavy atom. The van der Waals surface area contributed by atoms with E-state index in [2.05, 4.69) is 15.8 Å². The van der Waals surface area contributed by atoms with Gasteiger partial charge in [-0.2, -0.15) is 5.10 Å². The lowest BCUT2D eigenvalue weighted by atomic mass is 10.2. The zero-order valence-corrected chi connectivity index (χ0v) is 13.9. The highest BCUT2D eigenvalue weighted by Crippen LogP contribution is 2.29. The van der Waals surface area contributed by atoms with E-state index in [9.17, 15) is 10.2 Å². The maximum absolute atomic E-state index is 9.66. The van der Waals surface area contributed by atoms with Gasteiger partial charge in [0.05, 0.1) is 20.4 Å². The maximum Gasteiger partial charge on any atom is 0.191 e. The SMILES string of the molecule is COc1ccc(NC(=S)NN=Cc2cccc(O)c2O)cc1OC. The average molecular weight is 347 g/mol. The number of benzene rings is 2. The molecule has 0 bridgehead atoms. The Balaban J connectivity index is 1.98. The largest absolute Gasteiger partial charge is 0.504 e. The van der Waals surface area contributed by atoms with Crippen molar-refractivity contribution in [3.63, 3.8) is 0 Å². The van der Waals surface area contributed by atoms with Crippen molar-refractivity contribution in [1.29, 1.82) is 0 Å². The van der Waals surface area contributed by atoms with Gasteiger partial charge in [-0.25, -0.2) is 0 Å². The fraction of sp³-hybridized carbons (Fsp3) is 0.125. The van der Waals surface area contributed by atoms with E-state index in [1.807, 2.05) is 0 Å². The molecule has 0 saturated carbocycles. The van der Waals surface area contributed by atoms with E-state index in [1.165, 1.54) is 12.3 Å². The average Bonchev–Trinajstić information content (AvgIpc) is 2.58. The molecule has 2 rings (SSSR count). The molecule has 0 atom stereocenters. The number of anilines is 1. The van der Waals surface area contributed by atoms with Crippen LogP contribution in [0.3, 0.4) is 0 Å². The van der Waals surface area contributed by atoms with Crippen LogP contribution in [0.1, 0.15) is 5.56 Å². The number of phenols is 2. The quantitative estimate of drug-likeness (QED) is 0.286. The van der Waals surface area contributed by atoms with Crippen molar-refractivity contribution in [2.24, 2.45) is 5.10 Å². The Hall–Kier alpha value is -3.00. The molecular weight excluding hydrogens is 330 g/mol. The lowest BCUT2D eigenvalue weighted by molar-refractivity contribution is 0.355. The van der Waals surface area contributed by atoms with Gasteiger partial charge in [-0.05, 0) is 36.5 Å². The summed E-state index contributed by atoms with van der Waals surface area (Å²) in [4.78, 5) is 0. The molecule has 2 aromatic carbocycles. The predicted octanol–water partition coefficient (Wildman–Crippen LogP) is 2.44. The molecule has 8 heteroatoms. The highest BCUT2D eigenvalue weighted by atomic mass is 32.1. The number of nitrogens with one attached hydrogen (secondary N) is 2. The molecule has 0 unspecified atom stereocenters. The fourth-order valence-electron chi connectivity index (χ4n) is 1.89. The first-order valence-corrected chi connectivity index (χ1v) is 7.29. The van der Waals surface area contributed by atoms with Crippen LogP contribution in [-0.2, 0) is 0 Å². The van der Waals surface area contributed by atoms with E-state index in [-0.39, 0.29) is 16.6 Å². The molecule has 0 aliphatic carbocycles. The number of aromatic hydroxyl groups is 2. The smallest absolute Gasteiger partial charge is 0.191 e. The number of thiocarbonyl (C=S) groups is 1. The highest BCUT2D eigenvalue weighted by molar-refractivity contribution is 7.80. The van der Waals surface area contributed by atoms with E-state index in [1.54, 1.807) is 44.6 Å². The minimum absolute atomic E-state index is 0.218. The van der Waals surface area contributed by atoms with Crippen molar-refractivity contribution >= 4 is 29.2 Å². The van der Waals surface area contributed by atoms with Crippen molar-refractivity contribution in [3.8, 4) is 23.0 Å². The normalized spacial score (nSPS) is 10.4. The summed E-state index contributed by atoms with van der Waals surface area (Å²) >= 11 is 5.13. The molecule has 0 amide bonds. The topological polar surface area (TPSA) is 95.3 Å². The van der Waals surface area contributed by atoms with Crippen LogP contribution >= 0.6 is 12.2 Å². The summed E-state index contributed by atoms with van der Waals surface area (Å²) in [6, 6.07) is 9.83. The third kappa shape index (κ3) is 4.26. The summed E-state index contributed by atoms with van der Waals surface area (Å²) in [6.45, 7) is 0. The Morgan fingerprint density at radius 3 is 2.58 bits per heavy atom. The second kappa shape index (κ2) is 8.02. The lowest BCUT2D eigenvalue weighted by Crippen LogP contribution is -2.23. The molecule has 0 saturated heterocycles. The molecule has 0 fully saturated rings. The van der Waals surface area contributed by atoms with Crippen LogP contribution in [-0.4, -0.2) is 35.8 Å². The maximum atomic E-state index is 9.66. The minimum atomic E-state index is -0.248. The van der Waals surface area contributed by atoms with Gasteiger partial charge < -0.3 is 25.0 Å². The van der Waals surface area contributed by atoms with E-state index in [4.69, 9.17) is 21.7 Å². The number of ether oxygens (including phenoxy) is 2. The molecule has 126 valence electrons. The zero-order valence-electron chi connectivity index (χ0n) is 13.1. The van der Waals surface area contributed by atoms with Gasteiger partial charge in [-0.15, -0.1) is 0 Å². The van der Waals surface area contributed by atoms with Crippen LogP contribution in [0.4, 0.5) is 5.69 Å². The summed E-state index contributed by atoms with van der Waals surface area (Å²) in [5, 5.41) is 26.2. The molecule has 0 aliphatic heterocycles. The number of nitrogens with zero attached hydrogens (tertiary/aromatic N) is 1. The Kier molecular flexibility index (Phi) is 5.80. The Labute approximate surface area is 144 Å². The van der Waals surface area contributed by atoms with Crippen molar-refractivity contribution in [3.05, 3.63) is 42.0 Å². The van der Waals surface area contributed by atoms with Crippen LogP contribution in [0.15, 0.2) is 41.5 Å². The van der Waals surface area contributed by atoms with Crippen LogP contribution < -0.4 is 20.2 Å². The molecule has 7 nitrogen and oxygen atoms in total. The second-order valence-corrected chi connectivity index (χ2v) is 5.02. The highest BCUT2D eigenvalue weighted by Gasteiger charge is 2.06. The van der Waals surface area contributed by atoms with Gasteiger partial charge in [0, 0.05) is 17.3 Å². The fourth-order valence-corrected chi connectivity index (χ4v) is 2.06. The van der Waals surface area contributed by atoms with E-state index in [0.717, 1.165) is 0 Å². The van der Waals surface area contributed by atoms with Gasteiger partial charge >= 0.3 is 0 Å². The minimum Gasteiger partial charge on any atom is -0.504 e. The number of hydrazone groups is 1. The van der Waals surface area contributed by atoms with Crippen molar-refractivity contribution in [2.75, 3.05) is 19.5 Å². The summed E-state index contributed by atoms with van der Waals surface area (Å²) in [5.74, 6) is 0.713. The van der Waals surface area contributed by atoms with Gasteiger partial charge in [0.1, 0.15) is 0 Å². The first-order valence-electron chi connectivity index (χ1n) is 6.88. The van der Waals surface area contributed by atoms with Crippen molar-refractivity contribution in [2.45, 2.75) is 0 Å². The van der Waals surface area contributed by atoms with Crippen molar-refractivity contribution < 1.29 is 19.7 Å². The van der Waals surface area contributed by atoms with Crippen LogP contribution in [0.5, 0.6) is 23.0 Å². The first kappa shape index (κ1) is 17.4. The van der Waals surface area contributed by atoms with Gasteiger partial charge in [-0.1, -0.05) is 6.07 Å². The molecular formula is C16H17N3O4S. The Morgan fingerprint density at radius 2 is 1.88 bits per heavy atom. The molecule has 0 radical (unpaired) electrons. The standard InChI is InChI=1S/C16H17N3O4S/c1-22-13-7-6-11(8-14(13)23-2)18-16(24)19-17-9-10-4-3-5-12(20)15(10)21/h3-9,20-21H,1-2H3,(H2,18,19,24). The zero-order chi connectivity index (χ0) is 17.5. The van der Waals surface area contributed by atoms with Gasteiger partial charge in [0.2, 0.25) is 0 Å². The van der Waals surface area contributed by atoms with E-state index < -0.39 is 0 Å². The molecule has 0 heterocycles. The van der Waals surface area contributed by atoms with Crippen LogP contribution in [0.25, 0.3) is 0 Å². The van der Waals surface area contributed by atoms with Crippen LogP contribution in [0.2, 0.25) is 0 Å². The first-order chi connectivity index (χ1) is 11.5. The summed E-state index contributed by atoms with van der Waals surface area (Å²) in [6.07, 6.45) is 1.34. The molecule has 2 aromatic rings. The number of rotatable bonds is 5. The summed E-state index contributed by atoms with van der Waals surface area (Å²) in [5.41, 5.74) is 3.67. The number of hydrogen-bond acceptors (Lipinski definition) is 6. The number of phenolic OH excluding ortho intramolecular Hbond substituents is 2. The van der Waals surface area contributed by atoms with Gasteiger partial charge in [0.25, 0.3) is 0 Å². The predicted molar refractivity (Wildman–Crippen MR) is 96.3 cm³/mol. The lowest BCUT2D eigenvalue weighted by Gasteiger charge is -2.11. The molecule has 0 aliphatic rings.